The summed E-state index contributed by atoms with van der Waals surface area (Å²) in [5.74, 6) is 0.368. The van der Waals surface area contributed by atoms with Crippen molar-refractivity contribution in [3.05, 3.63) is 54.2 Å². The predicted molar refractivity (Wildman–Crippen MR) is 122 cm³/mol. The third-order valence-corrected chi connectivity index (χ3v) is 5.63. The lowest BCUT2D eigenvalue weighted by molar-refractivity contribution is 0.189. The maximum absolute atomic E-state index is 12.0. The number of hydrogen-bond donors (Lipinski definition) is 3. The highest BCUT2D eigenvalue weighted by Crippen LogP contribution is 2.38. The van der Waals surface area contributed by atoms with Crippen LogP contribution >= 0.6 is 11.3 Å². The van der Waals surface area contributed by atoms with E-state index in [9.17, 15) is 9.90 Å². The standard InChI is InChI=1S/C22H22N6O2S/c1-4-23-21(30)28-22-27-18-8-14(15-10-25-20(13(3)29)26-11-15)7-16(19(18)31-22)17-6-5-12(2)9-24-17/h5-11,13,29H,4H2,1-3H3,(H2,23,27,28,30). The molecule has 3 aromatic heterocycles. The summed E-state index contributed by atoms with van der Waals surface area (Å²) in [6.07, 6.45) is 4.46. The van der Waals surface area contributed by atoms with Crippen molar-refractivity contribution in [2.75, 3.05) is 11.9 Å². The number of nitrogens with one attached hydrogen (secondary N) is 2. The first-order chi connectivity index (χ1) is 14.9. The van der Waals surface area contributed by atoms with Gasteiger partial charge in [-0.3, -0.25) is 10.3 Å². The van der Waals surface area contributed by atoms with E-state index in [0.717, 1.165) is 38.2 Å². The average Bonchev–Trinajstić information content (AvgIpc) is 3.16. The van der Waals surface area contributed by atoms with Gasteiger partial charge in [0.1, 0.15) is 6.10 Å². The molecule has 0 saturated heterocycles. The number of amides is 2. The second kappa shape index (κ2) is 8.75. The Morgan fingerprint density at radius 2 is 1.90 bits per heavy atom. The van der Waals surface area contributed by atoms with Gasteiger partial charge >= 0.3 is 6.03 Å². The zero-order valence-corrected chi connectivity index (χ0v) is 18.2. The van der Waals surface area contributed by atoms with E-state index in [0.29, 0.717) is 17.5 Å². The molecule has 0 aliphatic rings. The number of carbonyl (C=O) groups excluding carboxylic acids is 1. The van der Waals surface area contributed by atoms with Gasteiger partial charge in [0.25, 0.3) is 0 Å². The summed E-state index contributed by atoms with van der Waals surface area (Å²) >= 11 is 1.40. The van der Waals surface area contributed by atoms with E-state index in [2.05, 4.69) is 30.6 Å². The van der Waals surface area contributed by atoms with Gasteiger partial charge in [-0.25, -0.2) is 19.7 Å². The highest BCUT2D eigenvalue weighted by molar-refractivity contribution is 7.22. The molecule has 0 aliphatic heterocycles. The van der Waals surface area contributed by atoms with Gasteiger partial charge in [0.05, 0.1) is 15.9 Å². The third-order valence-electron chi connectivity index (χ3n) is 4.61. The molecule has 158 valence electrons. The Labute approximate surface area is 183 Å². The summed E-state index contributed by atoms with van der Waals surface area (Å²) in [5, 5.41) is 15.7. The van der Waals surface area contributed by atoms with Gasteiger partial charge in [-0.15, -0.1) is 0 Å². The van der Waals surface area contributed by atoms with E-state index in [1.807, 2.05) is 44.3 Å². The molecule has 0 saturated carbocycles. The molecule has 1 aromatic carbocycles. The lowest BCUT2D eigenvalue weighted by Gasteiger charge is -2.08. The number of carbonyl (C=O) groups is 1. The highest BCUT2D eigenvalue weighted by Gasteiger charge is 2.16. The van der Waals surface area contributed by atoms with Crippen LogP contribution < -0.4 is 10.6 Å². The van der Waals surface area contributed by atoms with Crippen LogP contribution in [0, 0.1) is 6.92 Å². The van der Waals surface area contributed by atoms with Crippen LogP contribution in [0.1, 0.15) is 31.3 Å². The maximum atomic E-state index is 12.0. The fourth-order valence-electron chi connectivity index (χ4n) is 3.07. The third kappa shape index (κ3) is 4.52. The van der Waals surface area contributed by atoms with Crippen LogP contribution in [-0.4, -0.2) is 37.6 Å². The molecule has 4 aromatic rings. The van der Waals surface area contributed by atoms with Gasteiger partial charge in [-0.1, -0.05) is 17.4 Å². The Balaban J connectivity index is 1.83. The second-order valence-corrected chi connectivity index (χ2v) is 8.10. The molecule has 9 heteroatoms. The van der Waals surface area contributed by atoms with E-state index in [4.69, 9.17) is 0 Å². The van der Waals surface area contributed by atoms with Gasteiger partial charge in [0, 0.05) is 36.3 Å². The largest absolute Gasteiger partial charge is 0.385 e. The number of hydrogen-bond acceptors (Lipinski definition) is 7. The van der Waals surface area contributed by atoms with Crippen LogP contribution in [0.4, 0.5) is 9.93 Å². The van der Waals surface area contributed by atoms with Crippen molar-refractivity contribution in [2.45, 2.75) is 26.9 Å². The van der Waals surface area contributed by atoms with Gasteiger partial charge in [0.2, 0.25) is 0 Å². The van der Waals surface area contributed by atoms with E-state index in [1.54, 1.807) is 19.3 Å². The molecule has 31 heavy (non-hydrogen) atoms. The minimum atomic E-state index is -0.731. The van der Waals surface area contributed by atoms with Crippen LogP contribution in [0.15, 0.2) is 42.9 Å². The number of urea groups is 1. The summed E-state index contributed by atoms with van der Waals surface area (Å²) in [5.41, 5.74) is 5.20. The van der Waals surface area contributed by atoms with E-state index in [1.165, 1.54) is 11.3 Å². The van der Waals surface area contributed by atoms with Crippen molar-refractivity contribution in [2.24, 2.45) is 0 Å². The van der Waals surface area contributed by atoms with E-state index >= 15 is 0 Å². The predicted octanol–water partition coefficient (Wildman–Crippen LogP) is 4.32. The topological polar surface area (TPSA) is 113 Å². The molecule has 0 fully saturated rings. The zero-order chi connectivity index (χ0) is 22.0. The molecule has 8 nitrogen and oxygen atoms in total. The molecule has 4 rings (SSSR count). The number of rotatable bonds is 5. The quantitative estimate of drug-likeness (QED) is 0.431. The van der Waals surface area contributed by atoms with Crippen LogP contribution in [0.5, 0.6) is 0 Å². The van der Waals surface area contributed by atoms with E-state index < -0.39 is 6.10 Å². The molecule has 1 atom stereocenters. The zero-order valence-electron chi connectivity index (χ0n) is 17.4. The van der Waals surface area contributed by atoms with Crippen molar-refractivity contribution in [1.29, 1.82) is 0 Å². The molecule has 3 N–H and O–H groups in total. The number of nitrogens with zero attached hydrogens (tertiary/aromatic N) is 4. The minimum Gasteiger partial charge on any atom is -0.385 e. The van der Waals surface area contributed by atoms with Crippen LogP contribution in [0.25, 0.3) is 32.6 Å². The summed E-state index contributed by atoms with van der Waals surface area (Å²) < 4.78 is 0.924. The summed E-state index contributed by atoms with van der Waals surface area (Å²) in [4.78, 5) is 29.7. The summed E-state index contributed by atoms with van der Waals surface area (Å²) in [6, 6.07) is 7.65. The monoisotopic (exact) mass is 434 g/mol. The second-order valence-electron chi connectivity index (χ2n) is 7.10. The number of aliphatic hydroxyl groups excluding tert-OH is 1. The van der Waals surface area contributed by atoms with Crippen molar-refractivity contribution in [3.63, 3.8) is 0 Å². The van der Waals surface area contributed by atoms with Gasteiger partial charge in [-0.2, -0.15) is 0 Å². The average molecular weight is 435 g/mol. The molecule has 0 radical (unpaired) electrons. The number of benzene rings is 1. The maximum Gasteiger partial charge on any atom is 0.321 e. The Morgan fingerprint density at radius 3 is 2.55 bits per heavy atom. The highest BCUT2D eigenvalue weighted by atomic mass is 32.1. The molecule has 1 unspecified atom stereocenters. The van der Waals surface area contributed by atoms with Crippen molar-refractivity contribution in [1.82, 2.24) is 25.3 Å². The lowest BCUT2D eigenvalue weighted by atomic mass is 10.0. The first-order valence-electron chi connectivity index (χ1n) is 9.87. The Bertz CT molecular complexity index is 1220. The van der Waals surface area contributed by atoms with E-state index in [-0.39, 0.29) is 6.03 Å². The Hall–Kier alpha value is -3.43. The Kier molecular flexibility index (Phi) is 5.88. The normalized spacial score (nSPS) is 12.0. The number of aryl methyl sites for hydroxylation is 1. The first kappa shape index (κ1) is 20.8. The fourth-order valence-corrected chi connectivity index (χ4v) is 4.04. The number of pyridine rings is 1. The van der Waals surface area contributed by atoms with Gasteiger partial charge in [-0.05, 0) is 50.1 Å². The smallest absolute Gasteiger partial charge is 0.321 e. The first-order valence-corrected chi connectivity index (χ1v) is 10.7. The van der Waals surface area contributed by atoms with Gasteiger partial charge < -0.3 is 10.4 Å². The van der Waals surface area contributed by atoms with Crippen LogP contribution in [0.3, 0.4) is 0 Å². The Morgan fingerprint density at radius 1 is 1.13 bits per heavy atom. The number of aromatic nitrogens is 4. The van der Waals surface area contributed by atoms with Crippen molar-refractivity contribution < 1.29 is 9.90 Å². The lowest BCUT2D eigenvalue weighted by Crippen LogP contribution is -2.28. The number of thiazole rings is 1. The SMILES string of the molecule is CCNC(=O)Nc1nc2cc(-c3cnc(C(C)O)nc3)cc(-c3ccc(C)cn3)c2s1. The summed E-state index contributed by atoms with van der Waals surface area (Å²) in [6.45, 7) is 6.00. The number of anilines is 1. The molecule has 0 bridgehead atoms. The van der Waals surface area contributed by atoms with Crippen molar-refractivity contribution in [3.8, 4) is 22.4 Å². The van der Waals surface area contributed by atoms with Gasteiger partial charge in [0.15, 0.2) is 11.0 Å². The van der Waals surface area contributed by atoms with Crippen LogP contribution in [0.2, 0.25) is 0 Å². The molecule has 0 spiro atoms. The number of aliphatic hydroxyl groups is 1. The molecule has 0 aliphatic carbocycles. The molecule has 2 amide bonds. The molecular formula is C22H22N6O2S. The van der Waals surface area contributed by atoms with Crippen molar-refractivity contribution >= 4 is 32.7 Å². The molecule has 3 heterocycles. The minimum absolute atomic E-state index is 0.293. The molecular weight excluding hydrogens is 412 g/mol. The fraction of sp³-hybridized carbons (Fsp3) is 0.227. The van der Waals surface area contributed by atoms with Crippen LogP contribution in [-0.2, 0) is 0 Å². The number of fused-ring (bicyclic) bond motifs is 1. The summed E-state index contributed by atoms with van der Waals surface area (Å²) in [7, 11) is 0.